The average Bonchev–Trinajstić information content (AvgIpc) is 2.44. The van der Waals surface area contributed by atoms with Gasteiger partial charge in [0.1, 0.15) is 0 Å². The highest BCUT2D eigenvalue weighted by atomic mass is 32.2. The SMILES string of the molecule is CCCCN(CC)CCC(C)(C)C(C)C(C)CCSC. The molecule has 122 valence electrons. The van der Waals surface area contributed by atoms with Crippen molar-refractivity contribution in [2.24, 2.45) is 17.3 Å². The summed E-state index contributed by atoms with van der Waals surface area (Å²) in [6.45, 7) is 18.2. The molecule has 0 amide bonds. The summed E-state index contributed by atoms with van der Waals surface area (Å²) >= 11 is 1.98. The van der Waals surface area contributed by atoms with Gasteiger partial charge in [0, 0.05) is 0 Å². The number of hydrogen-bond acceptors (Lipinski definition) is 2. The molecule has 0 aromatic rings. The summed E-state index contributed by atoms with van der Waals surface area (Å²) in [7, 11) is 0. The van der Waals surface area contributed by atoms with Crippen molar-refractivity contribution in [3.8, 4) is 0 Å². The van der Waals surface area contributed by atoms with Crippen LogP contribution in [-0.4, -0.2) is 36.5 Å². The lowest BCUT2D eigenvalue weighted by molar-refractivity contribution is 0.126. The second-order valence-electron chi connectivity index (χ2n) is 7.07. The quantitative estimate of drug-likeness (QED) is 0.465. The van der Waals surface area contributed by atoms with Gasteiger partial charge in [-0.1, -0.05) is 48.0 Å². The third-order valence-corrected chi connectivity index (χ3v) is 5.85. The average molecular weight is 302 g/mol. The van der Waals surface area contributed by atoms with Crippen LogP contribution in [0.5, 0.6) is 0 Å². The highest BCUT2D eigenvalue weighted by molar-refractivity contribution is 7.98. The van der Waals surface area contributed by atoms with Gasteiger partial charge >= 0.3 is 0 Å². The molecule has 0 fully saturated rings. The van der Waals surface area contributed by atoms with Gasteiger partial charge in [0.2, 0.25) is 0 Å². The minimum absolute atomic E-state index is 0.456. The Labute approximate surface area is 133 Å². The van der Waals surface area contributed by atoms with Gasteiger partial charge in [0.05, 0.1) is 0 Å². The zero-order valence-electron chi connectivity index (χ0n) is 15.2. The van der Waals surface area contributed by atoms with Crippen molar-refractivity contribution < 1.29 is 0 Å². The lowest BCUT2D eigenvalue weighted by atomic mass is 9.70. The van der Waals surface area contributed by atoms with Crippen LogP contribution in [0.3, 0.4) is 0 Å². The Hall–Kier alpha value is 0.310. The molecule has 0 aliphatic heterocycles. The Balaban J connectivity index is 4.26. The van der Waals surface area contributed by atoms with Crippen molar-refractivity contribution in [2.75, 3.05) is 31.6 Å². The van der Waals surface area contributed by atoms with Gasteiger partial charge in [-0.05, 0) is 68.2 Å². The van der Waals surface area contributed by atoms with E-state index < -0.39 is 0 Å². The number of nitrogens with zero attached hydrogens (tertiary/aromatic N) is 1. The fraction of sp³-hybridized carbons (Fsp3) is 1.00. The van der Waals surface area contributed by atoms with Crippen molar-refractivity contribution in [2.45, 2.75) is 67.2 Å². The Morgan fingerprint density at radius 2 is 1.75 bits per heavy atom. The molecular formula is C18H39NS. The van der Waals surface area contributed by atoms with Crippen LogP contribution < -0.4 is 0 Å². The molecule has 20 heavy (non-hydrogen) atoms. The highest BCUT2D eigenvalue weighted by Crippen LogP contribution is 2.37. The molecule has 0 bridgehead atoms. The summed E-state index contributed by atoms with van der Waals surface area (Å²) in [5, 5.41) is 0. The van der Waals surface area contributed by atoms with E-state index in [1.807, 2.05) is 11.8 Å². The van der Waals surface area contributed by atoms with E-state index in [9.17, 15) is 0 Å². The fourth-order valence-electron chi connectivity index (χ4n) is 2.81. The summed E-state index contributed by atoms with van der Waals surface area (Å²) in [6, 6.07) is 0. The maximum absolute atomic E-state index is 2.63. The lowest BCUT2D eigenvalue weighted by Gasteiger charge is -2.37. The molecule has 0 aliphatic carbocycles. The summed E-state index contributed by atoms with van der Waals surface area (Å²) in [5.41, 5.74) is 0.456. The van der Waals surface area contributed by atoms with Crippen LogP contribution in [0.1, 0.15) is 67.2 Å². The van der Waals surface area contributed by atoms with Crippen LogP contribution in [-0.2, 0) is 0 Å². The predicted octanol–water partition coefficient (Wildman–Crippen LogP) is 5.55. The van der Waals surface area contributed by atoms with Gasteiger partial charge in [-0.15, -0.1) is 0 Å². The smallest absolute Gasteiger partial charge is 0.00137 e. The molecule has 0 aromatic carbocycles. The predicted molar refractivity (Wildman–Crippen MR) is 96.7 cm³/mol. The maximum Gasteiger partial charge on any atom is -0.00137 e. The molecule has 2 unspecified atom stereocenters. The number of hydrogen-bond donors (Lipinski definition) is 0. The maximum atomic E-state index is 2.63. The second-order valence-corrected chi connectivity index (χ2v) is 8.06. The zero-order valence-corrected chi connectivity index (χ0v) is 16.0. The van der Waals surface area contributed by atoms with E-state index in [1.165, 1.54) is 51.1 Å². The molecule has 2 atom stereocenters. The molecule has 0 aliphatic rings. The Morgan fingerprint density at radius 3 is 2.25 bits per heavy atom. The van der Waals surface area contributed by atoms with Crippen LogP contribution in [0.15, 0.2) is 0 Å². The minimum Gasteiger partial charge on any atom is -0.304 e. The third-order valence-electron chi connectivity index (χ3n) is 5.21. The second kappa shape index (κ2) is 11.0. The first kappa shape index (κ1) is 20.3. The van der Waals surface area contributed by atoms with Gasteiger partial charge in [-0.25, -0.2) is 0 Å². The normalized spacial score (nSPS) is 15.6. The van der Waals surface area contributed by atoms with Gasteiger partial charge in [-0.2, -0.15) is 11.8 Å². The molecule has 0 rings (SSSR count). The Morgan fingerprint density at radius 1 is 1.10 bits per heavy atom. The first-order valence-electron chi connectivity index (χ1n) is 8.60. The summed E-state index contributed by atoms with van der Waals surface area (Å²) < 4.78 is 0. The highest BCUT2D eigenvalue weighted by Gasteiger charge is 2.29. The van der Waals surface area contributed by atoms with E-state index >= 15 is 0 Å². The first-order chi connectivity index (χ1) is 9.38. The van der Waals surface area contributed by atoms with Gasteiger partial charge < -0.3 is 4.90 Å². The molecule has 1 nitrogen and oxygen atoms in total. The van der Waals surface area contributed by atoms with Crippen molar-refractivity contribution >= 4 is 11.8 Å². The van der Waals surface area contributed by atoms with E-state index in [2.05, 4.69) is 52.7 Å². The Kier molecular flexibility index (Phi) is 11.1. The molecular weight excluding hydrogens is 262 g/mol. The third kappa shape index (κ3) is 7.93. The molecule has 2 heteroatoms. The van der Waals surface area contributed by atoms with E-state index in [-0.39, 0.29) is 0 Å². The lowest BCUT2D eigenvalue weighted by Crippen LogP contribution is -2.34. The zero-order chi connectivity index (χ0) is 15.6. The largest absolute Gasteiger partial charge is 0.304 e. The van der Waals surface area contributed by atoms with E-state index in [1.54, 1.807) is 0 Å². The van der Waals surface area contributed by atoms with Crippen LogP contribution in [0.4, 0.5) is 0 Å². The van der Waals surface area contributed by atoms with Gasteiger partial charge in [0.15, 0.2) is 0 Å². The van der Waals surface area contributed by atoms with Crippen LogP contribution in [0.25, 0.3) is 0 Å². The number of rotatable bonds is 12. The van der Waals surface area contributed by atoms with Crippen molar-refractivity contribution in [1.82, 2.24) is 4.90 Å². The van der Waals surface area contributed by atoms with Crippen molar-refractivity contribution in [3.63, 3.8) is 0 Å². The molecule has 0 saturated carbocycles. The molecule has 0 radical (unpaired) electrons. The van der Waals surface area contributed by atoms with E-state index in [0.717, 1.165) is 11.8 Å². The van der Waals surface area contributed by atoms with Crippen molar-refractivity contribution in [3.05, 3.63) is 0 Å². The topological polar surface area (TPSA) is 3.24 Å². The summed E-state index contributed by atoms with van der Waals surface area (Å²) in [5.74, 6) is 2.95. The summed E-state index contributed by atoms with van der Waals surface area (Å²) in [4.78, 5) is 2.63. The molecule has 0 aromatic heterocycles. The molecule has 0 spiro atoms. The monoisotopic (exact) mass is 301 g/mol. The minimum atomic E-state index is 0.456. The van der Waals surface area contributed by atoms with Gasteiger partial charge in [0.25, 0.3) is 0 Å². The summed E-state index contributed by atoms with van der Waals surface area (Å²) in [6.07, 6.45) is 7.56. The van der Waals surface area contributed by atoms with E-state index in [0.29, 0.717) is 5.41 Å². The molecule has 0 N–H and O–H groups in total. The number of thioether (sulfide) groups is 1. The number of unbranched alkanes of at least 4 members (excludes halogenated alkanes) is 1. The van der Waals surface area contributed by atoms with Crippen LogP contribution in [0, 0.1) is 17.3 Å². The Bertz CT molecular complexity index is 227. The van der Waals surface area contributed by atoms with Crippen LogP contribution >= 0.6 is 11.8 Å². The molecule has 0 heterocycles. The van der Waals surface area contributed by atoms with Crippen LogP contribution in [0.2, 0.25) is 0 Å². The standard InChI is InChI=1S/C18H39NS/c1-8-10-13-19(9-2)14-12-18(5,6)17(4)16(3)11-15-20-7/h16-17H,8-15H2,1-7H3. The molecule has 0 saturated heterocycles. The van der Waals surface area contributed by atoms with Gasteiger partial charge in [-0.3, -0.25) is 0 Å². The van der Waals surface area contributed by atoms with Crippen molar-refractivity contribution in [1.29, 1.82) is 0 Å². The first-order valence-corrected chi connectivity index (χ1v) is 9.99. The fourth-order valence-corrected chi connectivity index (χ4v) is 3.42. The van der Waals surface area contributed by atoms with E-state index in [4.69, 9.17) is 0 Å².